The van der Waals surface area contributed by atoms with E-state index in [9.17, 15) is 9.59 Å². The lowest BCUT2D eigenvalue weighted by atomic mass is 9.97. The van der Waals surface area contributed by atoms with E-state index in [1.165, 1.54) is 0 Å². The van der Waals surface area contributed by atoms with Gasteiger partial charge in [-0.15, -0.1) is 0 Å². The first-order valence-electron chi connectivity index (χ1n) is 6.37. The standard InChI is InChI=1S/C12H20N2O3/c1-2-10-8-14(5-6-17-10)12(16)9-3-4-11(15)13-7-9/h9-10H,2-8H2,1H3,(H,13,15). The Kier molecular flexibility index (Phi) is 3.99. The summed E-state index contributed by atoms with van der Waals surface area (Å²) in [4.78, 5) is 25.2. The predicted molar refractivity (Wildman–Crippen MR) is 62.3 cm³/mol. The normalized spacial score (nSPS) is 29.9. The Morgan fingerprint density at radius 1 is 1.59 bits per heavy atom. The maximum atomic E-state index is 12.2. The van der Waals surface area contributed by atoms with Crippen LogP contribution >= 0.6 is 0 Å². The average Bonchev–Trinajstić information content (AvgIpc) is 2.39. The zero-order valence-electron chi connectivity index (χ0n) is 10.3. The van der Waals surface area contributed by atoms with Crippen molar-refractivity contribution in [3.8, 4) is 0 Å². The zero-order chi connectivity index (χ0) is 12.3. The number of hydrogen-bond acceptors (Lipinski definition) is 3. The Morgan fingerprint density at radius 2 is 2.41 bits per heavy atom. The zero-order valence-corrected chi connectivity index (χ0v) is 10.3. The van der Waals surface area contributed by atoms with Crippen molar-refractivity contribution >= 4 is 11.8 Å². The molecule has 0 aromatic rings. The number of morpholine rings is 1. The maximum absolute atomic E-state index is 12.2. The van der Waals surface area contributed by atoms with Crippen molar-refractivity contribution < 1.29 is 14.3 Å². The van der Waals surface area contributed by atoms with Crippen molar-refractivity contribution in [2.24, 2.45) is 5.92 Å². The van der Waals surface area contributed by atoms with Gasteiger partial charge in [0.25, 0.3) is 0 Å². The first kappa shape index (κ1) is 12.4. The van der Waals surface area contributed by atoms with Gasteiger partial charge in [-0.2, -0.15) is 0 Å². The molecule has 0 radical (unpaired) electrons. The van der Waals surface area contributed by atoms with E-state index in [4.69, 9.17) is 4.74 Å². The maximum Gasteiger partial charge on any atom is 0.227 e. The van der Waals surface area contributed by atoms with Crippen LogP contribution in [0.5, 0.6) is 0 Å². The van der Waals surface area contributed by atoms with Crippen molar-refractivity contribution in [2.45, 2.75) is 32.3 Å². The van der Waals surface area contributed by atoms with Gasteiger partial charge in [0, 0.05) is 26.1 Å². The molecule has 0 aromatic heterocycles. The summed E-state index contributed by atoms with van der Waals surface area (Å²) in [6.07, 6.45) is 2.26. The van der Waals surface area contributed by atoms with Gasteiger partial charge in [0.15, 0.2) is 0 Å². The Hall–Kier alpha value is -1.10. The van der Waals surface area contributed by atoms with Gasteiger partial charge in [-0.1, -0.05) is 6.92 Å². The average molecular weight is 240 g/mol. The van der Waals surface area contributed by atoms with Crippen LogP contribution in [-0.4, -0.2) is 49.1 Å². The molecule has 5 heteroatoms. The van der Waals surface area contributed by atoms with Gasteiger partial charge < -0.3 is 15.0 Å². The van der Waals surface area contributed by atoms with Crippen LogP contribution in [0.2, 0.25) is 0 Å². The van der Waals surface area contributed by atoms with Crippen LogP contribution in [0, 0.1) is 5.92 Å². The molecule has 2 heterocycles. The van der Waals surface area contributed by atoms with Gasteiger partial charge in [-0.25, -0.2) is 0 Å². The monoisotopic (exact) mass is 240 g/mol. The SMILES string of the molecule is CCC1CN(C(=O)C2CCC(=O)NC2)CCO1. The molecule has 2 amide bonds. The van der Waals surface area contributed by atoms with E-state index in [1.54, 1.807) is 0 Å². The summed E-state index contributed by atoms with van der Waals surface area (Å²) in [5.74, 6) is 0.192. The third-order valence-corrected chi connectivity index (χ3v) is 3.52. The topological polar surface area (TPSA) is 58.6 Å². The number of carbonyl (C=O) groups excluding carboxylic acids is 2. The van der Waals surface area contributed by atoms with Crippen molar-refractivity contribution in [3.05, 3.63) is 0 Å². The highest BCUT2D eigenvalue weighted by atomic mass is 16.5. The number of amides is 2. The Balaban J connectivity index is 1.88. The molecule has 2 aliphatic heterocycles. The van der Waals surface area contributed by atoms with Crippen LogP contribution in [0.25, 0.3) is 0 Å². The molecule has 0 aromatic carbocycles. The number of nitrogens with one attached hydrogen (secondary N) is 1. The summed E-state index contributed by atoms with van der Waals surface area (Å²) in [5.41, 5.74) is 0. The number of carbonyl (C=O) groups is 2. The van der Waals surface area contributed by atoms with E-state index in [2.05, 4.69) is 12.2 Å². The molecule has 0 bridgehead atoms. The second-order valence-electron chi connectivity index (χ2n) is 4.72. The smallest absolute Gasteiger partial charge is 0.227 e. The summed E-state index contributed by atoms with van der Waals surface area (Å²) in [7, 11) is 0. The Bertz CT molecular complexity index is 296. The third kappa shape index (κ3) is 2.97. The molecule has 2 fully saturated rings. The number of rotatable bonds is 2. The van der Waals surface area contributed by atoms with Gasteiger partial charge in [0.2, 0.25) is 11.8 Å². The molecule has 1 N–H and O–H groups in total. The van der Waals surface area contributed by atoms with Crippen LogP contribution < -0.4 is 5.32 Å². The van der Waals surface area contributed by atoms with Crippen LogP contribution in [0.3, 0.4) is 0 Å². The van der Waals surface area contributed by atoms with E-state index >= 15 is 0 Å². The molecule has 2 atom stereocenters. The molecule has 2 rings (SSSR count). The minimum absolute atomic E-state index is 0.0386. The van der Waals surface area contributed by atoms with Gasteiger partial charge in [-0.3, -0.25) is 9.59 Å². The molecular weight excluding hydrogens is 220 g/mol. The van der Waals surface area contributed by atoms with Crippen molar-refractivity contribution in [1.82, 2.24) is 10.2 Å². The highest BCUT2D eigenvalue weighted by molar-refractivity contribution is 5.83. The summed E-state index contributed by atoms with van der Waals surface area (Å²) in [6, 6.07) is 0. The Labute approximate surface area is 101 Å². The minimum Gasteiger partial charge on any atom is -0.375 e. The summed E-state index contributed by atoms with van der Waals surface area (Å²) in [5, 5.41) is 2.76. The minimum atomic E-state index is -0.0386. The molecule has 0 spiro atoms. The summed E-state index contributed by atoms with van der Waals surface area (Å²) in [6.45, 7) is 4.56. The molecule has 2 unspecified atom stereocenters. The van der Waals surface area contributed by atoms with Crippen LogP contribution in [0.15, 0.2) is 0 Å². The van der Waals surface area contributed by atoms with Crippen molar-refractivity contribution in [2.75, 3.05) is 26.2 Å². The van der Waals surface area contributed by atoms with Gasteiger partial charge in [-0.05, 0) is 12.8 Å². The fourth-order valence-electron chi connectivity index (χ4n) is 2.37. The number of piperidine rings is 1. The summed E-state index contributed by atoms with van der Waals surface area (Å²) < 4.78 is 5.55. The third-order valence-electron chi connectivity index (χ3n) is 3.52. The van der Waals surface area contributed by atoms with Gasteiger partial charge in [0.05, 0.1) is 18.6 Å². The van der Waals surface area contributed by atoms with Crippen molar-refractivity contribution in [3.63, 3.8) is 0 Å². The lowest BCUT2D eigenvalue weighted by molar-refractivity contribution is -0.144. The number of ether oxygens (including phenoxy) is 1. The molecule has 0 aliphatic carbocycles. The first-order valence-corrected chi connectivity index (χ1v) is 6.37. The van der Waals surface area contributed by atoms with Crippen LogP contribution in [0.4, 0.5) is 0 Å². The quantitative estimate of drug-likeness (QED) is 0.747. The highest BCUT2D eigenvalue weighted by Crippen LogP contribution is 2.17. The van der Waals surface area contributed by atoms with Gasteiger partial charge in [0.1, 0.15) is 0 Å². The van der Waals surface area contributed by atoms with Crippen LogP contribution in [-0.2, 0) is 14.3 Å². The summed E-state index contributed by atoms with van der Waals surface area (Å²) >= 11 is 0. The number of hydrogen-bond donors (Lipinski definition) is 1. The molecule has 2 saturated heterocycles. The Morgan fingerprint density at radius 3 is 3.06 bits per heavy atom. The van der Waals surface area contributed by atoms with E-state index < -0.39 is 0 Å². The number of nitrogens with zero attached hydrogens (tertiary/aromatic N) is 1. The molecular formula is C12H20N2O3. The molecule has 2 aliphatic rings. The molecule has 5 nitrogen and oxygen atoms in total. The van der Waals surface area contributed by atoms with E-state index in [0.717, 1.165) is 6.42 Å². The lowest BCUT2D eigenvalue weighted by Crippen LogP contribution is -2.50. The van der Waals surface area contributed by atoms with Crippen LogP contribution in [0.1, 0.15) is 26.2 Å². The molecule has 0 saturated carbocycles. The fraction of sp³-hybridized carbons (Fsp3) is 0.833. The fourth-order valence-corrected chi connectivity index (χ4v) is 2.37. The second-order valence-corrected chi connectivity index (χ2v) is 4.72. The first-order chi connectivity index (χ1) is 8.20. The van der Waals surface area contributed by atoms with Gasteiger partial charge >= 0.3 is 0 Å². The van der Waals surface area contributed by atoms with E-state index in [0.29, 0.717) is 39.1 Å². The lowest BCUT2D eigenvalue weighted by Gasteiger charge is -2.35. The molecule has 96 valence electrons. The molecule has 17 heavy (non-hydrogen) atoms. The van der Waals surface area contributed by atoms with E-state index in [-0.39, 0.29) is 23.8 Å². The predicted octanol–water partition coefficient (Wildman–Crippen LogP) is 0.150. The largest absolute Gasteiger partial charge is 0.375 e. The second kappa shape index (κ2) is 5.49. The van der Waals surface area contributed by atoms with E-state index in [1.807, 2.05) is 4.90 Å². The van der Waals surface area contributed by atoms with Crippen molar-refractivity contribution in [1.29, 1.82) is 0 Å². The highest BCUT2D eigenvalue weighted by Gasteiger charge is 2.31.